The van der Waals surface area contributed by atoms with E-state index < -0.39 is 31.5 Å². The number of hydrogen-bond acceptors (Lipinski definition) is 7. The predicted octanol–water partition coefficient (Wildman–Crippen LogP) is 2.96. The highest BCUT2D eigenvalue weighted by molar-refractivity contribution is 6.71. The van der Waals surface area contributed by atoms with Crippen molar-refractivity contribution < 1.29 is 29.0 Å². The lowest BCUT2D eigenvalue weighted by atomic mass is 9.82. The van der Waals surface area contributed by atoms with E-state index in [2.05, 4.69) is 0 Å². The molecule has 0 unspecified atom stereocenters. The van der Waals surface area contributed by atoms with Gasteiger partial charge in [0, 0.05) is 42.5 Å². The van der Waals surface area contributed by atoms with E-state index in [4.69, 9.17) is 9.47 Å². The van der Waals surface area contributed by atoms with Gasteiger partial charge >= 0.3 is 0 Å². The molecule has 2 N–H and O–H groups in total. The molecule has 5 atom stereocenters. The molecule has 0 aliphatic carbocycles. The molecule has 0 saturated carbocycles. The van der Waals surface area contributed by atoms with Gasteiger partial charge in [-0.2, -0.15) is 0 Å². The minimum absolute atomic E-state index is 0.0340. The predicted molar refractivity (Wildman–Crippen MR) is 167 cm³/mol. The molecule has 11 heteroatoms. The zero-order chi connectivity index (χ0) is 31.6. The number of ether oxygens (including phenoxy) is 2. The Kier molecular flexibility index (Phi) is 7.56. The van der Waals surface area contributed by atoms with Gasteiger partial charge in [-0.25, -0.2) is 0 Å². The van der Waals surface area contributed by atoms with Crippen LogP contribution in [0.5, 0.6) is 5.75 Å². The van der Waals surface area contributed by atoms with Crippen LogP contribution in [-0.4, -0.2) is 72.4 Å². The van der Waals surface area contributed by atoms with Gasteiger partial charge in [-0.3, -0.25) is 19.0 Å². The molecular formula is C33H39N3O7Si. The molecule has 232 valence electrons. The number of hydrogen-bond donors (Lipinski definition) is 2. The molecule has 2 amide bonds. The second kappa shape index (κ2) is 11.0. The minimum atomic E-state index is -3.00. The number of aromatic nitrogens is 1. The lowest BCUT2D eigenvalue weighted by molar-refractivity contribution is -0.150. The summed E-state index contributed by atoms with van der Waals surface area (Å²) in [6, 6.07) is 16.2. The Morgan fingerprint density at radius 1 is 1.11 bits per heavy atom. The zero-order valence-electron chi connectivity index (χ0n) is 25.7. The van der Waals surface area contributed by atoms with Gasteiger partial charge in [0.25, 0.3) is 11.5 Å². The number of benzene rings is 2. The van der Waals surface area contributed by atoms with Crippen molar-refractivity contribution in [3.05, 3.63) is 87.8 Å². The number of aliphatic hydroxyl groups excluding tert-OH is 1. The average Bonchev–Trinajstić information content (AvgIpc) is 3.42. The zero-order valence-corrected chi connectivity index (χ0v) is 26.7. The minimum Gasteiger partial charge on any atom is -0.491 e. The van der Waals surface area contributed by atoms with Crippen LogP contribution in [0.3, 0.4) is 0 Å². The molecule has 1 aromatic heterocycles. The molecule has 1 saturated heterocycles. The lowest BCUT2D eigenvalue weighted by Gasteiger charge is -2.37. The normalized spacial score (nSPS) is 26.2. The first-order valence-electron chi connectivity index (χ1n) is 15.0. The van der Waals surface area contributed by atoms with Crippen LogP contribution in [0, 0.1) is 5.92 Å². The number of pyridine rings is 1. The van der Waals surface area contributed by atoms with Crippen molar-refractivity contribution in [2.24, 2.45) is 5.92 Å². The molecule has 3 aromatic rings. The summed E-state index contributed by atoms with van der Waals surface area (Å²) in [6.45, 7) is 5.76. The summed E-state index contributed by atoms with van der Waals surface area (Å²) < 4.78 is 13.5. The number of nitrogens with zero attached hydrogens (tertiary/aromatic N) is 3. The number of amides is 2. The molecule has 10 nitrogen and oxygen atoms in total. The third-order valence-electron chi connectivity index (χ3n) is 9.77. The molecule has 3 aliphatic rings. The highest BCUT2D eigenvalue weighted by Gasteiger charge is 2.66. The van der Waals surface area contributed by atoms with Crippen molar-refractivity contribution in [2.75, 3.05) is 25.7 Å². The lowest BCUT2D eigenvalue weighted by Crippen LogP contribution is -2.48. The molecule has 44 heavy (non-hydrogen) atoms. The molecule has 1 spiro atoms. The topological polar surface area (TPSA) is 122 Å². The summed E-state index contributed by atoms with van der Waals surface area (Å²) in [4.78, 5) is 56.1. The van der Waals surface area contributed by atoms with E-state index in [1.165, 1.54) is 11.7 Å². The van der Waals surface area contributed by atoms with Crippen LogP contribution in [-0.2, 0) is 32.9 Å². The maximum atomic E-state index is 14.2. The van der Waals surface area contributed by atoms with Crippen molar-refractivity contribution in [2.45, 2.75) is 62.7 Å². The molecule has 0 bridgehead atoms. The van der Waals surface area contributed by atoms with E-state index in [-0.39, 0.29) is 42.2 Å². The number of carbonyl (C=O) groups excluding carboxylic acids is 2. The van der Waals surface area contributed by atoms with Crippen LogP contribution in [0.15, 0.2) is 65.6 Å². The molecule has 2 aromatic carbocycles. The molecule has 0 radical (unpaired) electrons. The number of rotatable bonds is 6. The van der Waals surface area contributed by atoms with Gasteiger partial charge in [0.1, 0.15) is 0 Å². The Morgan fingerprint density at radius 3 is 2.52 bits per heavy atom. The van der Waals surface area contributed by atoms with E-state index in [1.54, 1.807) is 53.4 Å². The van der Waals surface area contributed by atoms with E-state index in [0.717, 1.165) is 11.1 Å². The summed E-state index contributed by atoms with van der Waals surface area (Å²) in [7, 11) is 0.126. The van der Waals surface area contributed by atoms with Gasteiger partial charge in [0.2, 0.25) is 5.91 Å². The van der Waals surface area contributed by atoms with Crippen LogP contribution >= 0.6 is 0 Å². The highest BCUT2D eigenvalue weighted by atomic mass is 28.4. The highest BCUT2D eigenvalue weighted by Crippen LogP contribution is 2.59. The molecule has 1 fully saturated rings. The first-order chi connectivity index (χ1) is 20.9. The Morgan fingerprint density at radius 2 is 1.84 bits per heavy atom. The number of carbonyl (C=O) groups is 2. The largest absolute Gasteiger partial charge is 0.491 e. The molecule has 4 heterocycles. The monoisotopic (exact) mass is 617 g/mol. The van der Waals surface area contributed by atoms with Gasteiger partial charge in [0.15, 0.2) is 19.7 Å². The first-order valence-corrected chi connectivity index (χ1v) is 18.0. The fourth-order valence-electron chi connectivity index (χ4n) is 7.69. The van der Waals surface area contributed by atoms with Crippen molar-refractivity contribution in [1.29, 1.82) is 0 Å². The van der Waals surface area contributed by atoms with Gasteiger partial charge in [-0.05, 0) is 61.0 Å². The van der Waals surface area contributed by atoms with Gasteiger partial charge in [0.05, 0.1) is 38.0 Å². The Bertz CT molecular complexity index is 1680. The summed E-state index contributed by atoms with van der Waals surface area (Å²) in [5, 5.41) is 10.2. The fraction of sp³-hybridized carbons (Fsp3) is 0.424. The van der Waals surface area contributed by atoms with Gasteiger partial charge in [-0.1, -0.05) is 31.2 Å². The smallest absolute Gasteiger partial charge is 0.297 e. The number of anilines is 1. The van der Waals surface area contributed by atoms with Crippen LogP contribution < -0.4 is 15.2 Å². The number of methoxy groups -OCH3 is 1. The number of fused-ring (bicyclic) bond motifs is 3. The maximum Gasteiger partial charge on any atom is 0.297 e. The second-order valence-electron chi connectivity index (χ2n) is 12.7. The van der Waals surface area contributed by atoms with Gasteiger partial charge < -0.3 is 29.2 Å². The number of aliphatic hydroxyl groups is 1. The van der Waals surface area contributed by atoms with Crippen LogP contribution in [0.2, 0.25) is 18.6 Å². The SMILES string of the molecule is COc1cccn(-c2ccc3c(c2)[C@]2(O[C@@H](CC(=O)N4Cc5ccccc5C[C@H]4CO)[C@H]([Si](C)(C)O)[C@H]2C)C(=O)N3C)c1=O. The van der Waals surface area contributed by atoms with Crippen LogP contribution in [0.25, 0.3) is 5.69 Å². The molecular weight excluding hydrogens is 578 g/mol. The van der Waals surface area contributed by atoms with E-state index in [1.807, 2.05) is 44.3 Å². The Labute approximate surface area is 257 Å². The molecule has 6 rings (SSSR count). The van der Waals surface area contributed by atoms with Crippen LogP contribution in [0.1, 0.15) is 30.0 Å². The standard InChI is InChI=1S/C33H39N3O7Si/c1-20-30(44(4,5)41)28(17-29(38)36-18-22-10-7-6-9-21(22)15-24(36)19-37)43-33(20)25-16-23(12-13-26(25)34(2)32(33)40)35-14-8-11-27(42-3)31(35)39/h6-14,16,20,24,28,30,37,41H,15,17-19H2,1-5H3/t20-,24+,28+,30-,33+/m1/s1. The van der Waals surface area contributed by atoms with Crippen molar-refractivity contribution >= 4 is 25.8 Å². The number of likely N-dealkylation sites (N-methyl/N-ethyl adjacent to an activating group) is 1. The summed E-state index contributed by atoms with van der Waals surface area (Å²) in [5.41, 5.74) is 1.72. The quantitative estimate of drug-likeness (QED) is 0.408. The third kappa shape index (κ3) is 4.61. The van der Waals surface area contributed by atoms with Gasteiger partial charge in [-0.15, -0.1) is 0 Å². The average molecular weight is 618 g/mol. The first kappa shape index (κ1) is 30.3. The maximum absolute atomic E-state index is 14.2. The summed E-state index contributed by atoms with van der Waals surface area (Å²) in [6.07, 6.45) is 1.43. The second-order valence-corrected chi connectivity index (χ2v) is 16.7. The Balaban J connectivity index is 1.39. The molecule has 3 aliphatic heterocycles. The summed E-state index contributed by atoms with van der Waals surface area (Å²) >= 11 is 0. The van der Waals surface area contributed by atoms with E-state index in [9.17, 15) is 24.3 Å². The van der Waals surface area contributed by atoms with Crippen LogP contribution in [0.4, 0.5) is 5.69 Å². The summed E-state index contributed by atoms with van der Waals surface area (Å²) in [5.74, 6) is -0.731. The van der Waals surface area contributed by atoms with E-state index in [0.29, 0.717) is 29.9 Å². The fourth-order valence-corrected chi connectivity index (χ4v) is 10.2. The van der Waals surface area contributed by atoms with Crippen molar-refractivity contribution in [3.63, 3.8) is 0 Å². The Hall–Kier alpha value is -3.77. The van der Waals surface area contributed by atoms with E-state index >= 15 is 0 Å². The van der Waals surface area contributed by atoms with Crippen molar-refractivity contribution in [1.82, 2.24) is 9.47 Å². The third-order valence-corrected chi connectivity index (χ3v) is 12.3. The van der Waals surface area contributed by atoms with Crippen molar-refractivity contribution in [3.8, 4) is 11.4 Å².